The molecule has 3 N–H and O–H groups in total. The van der Waals surface area contributed by atoms with Gasteiger partial charge in [-0.3, -0.25) is 0 Å². The van der Waals surface area contributed by atoms with Crippen LogP contribution >= 0.6 is 0 Å². The van der Waals surface area contributed by atoms with Crippen LogP contribution in [0.15, 0.2) is 24.3 Å². The quantitative estimate of drug-likeness (QED) is 0.702. The monoisotopic (exact) mass is 210 g/mol. The molecular weight excluding hydrogens is 192 g/mol. The van der Waals surface area contributed by atoms with E-state index in [1.54, 1.807) is 19.1 Å². The first-order valence-corrected chi connectivity index (χ1v) is 5.14. The zero-order valence-electron chi connectivity index (χ0n) is 9.09. The second-order valence-electron chi connectivity index (χ2n) is 4.08. The van der Waals surface area contributed by atoms with Gasteiger partial charge in [0, 0.05) is 0 Å². The molecule has 3 unspecified atom stereocenters. The third-order valence-electron chi connectivity index (χ3n) is 2.57. The van der Waals surface area contributed by atoms with E-state index in [0.29, 0.717) is 6.42 Å². The molecule has 3 atom stereocenters. The molecule has 1 rings (SSSR count). The lowest BCUT2D eigenvalue weighted by Gasteiger charge is -2.21. The highest BCUT2D eigenvalue weighted by Gasteiger charge is 2.19. The summed E-state index contributed by atoms with van der Waals surface area (Å²) in [6.45, 7) is 3.47. The van der Waals surface area contributed by atoms with Gasteiger partial charge in [-0.2, -0.15) is 0 Å². The fraction of sp³-hybridized carbons (Fsp3) is 0.500. The molecule has 0 spiro atoms. The number of aromatic hydroxyl groups is 1. The molecule has 0 aliphatic heterocycles. The first-order valence-electron chi connectivity index (χ1n) is 5.14. The molecule has 0 saturated carbocycles. The van der Waals surface area contributed by atoms with E-state index >= 15 is 0 Å². The van der Waals surface area contributed by atoms with Crippen molar-refractivity contribution in [2.24, 2.45) is 5.92 Å². The van der Waals surface area contributed by atoms with E-state index in [-0.39, 0.29) is 11.7 Å². The van der Waals surface area contributed by atoms with Gasteiger partial charge in [0.1, 0.15) is 5.75 Å². The number of rotatable bonds is 4. The van der Waals surface area contributed by atoms with Crippen LogP contribution in [0.2, 0.25) is 0 Å². The summed E-state index contributed by atoms with van der Waals surface area (Å²) in [6, 6.07) is 6.88. The third-order valence-corrected chi connectivity index (χ3v) is 2.57. The average molecular weight is 210 g/mol. The Hall–Kier alpha value is -1.06. The molecule has 84 valence electrons. The number of hydrogen-bond donors (Lipinski definition) is 3. The Morgan fingerprint density at radius 2 is 1.60 bits per heavy atom. The summed E-state index contributed by atoms with van der Waals surface area (Å²) >= 11 is 0. The number of benzene rings is 1. The standard InChI is InChI=1S/C12H18O3/c1-8(12(15)9(2)13)7-10-3-5-11(14)6-4-10/h3-6,8-9,12-15H,7H2,1-2H3. The molecule has 0 aliphatic carbocycles. The Morgan fingerprint density at radius 3 is 2.07 bits per heavy atom. The summed E-state index contributed by atoms with van der Waals surface area (Å²) in [6.07, 6.45) is -0.734. The highest BCUT2D eigenvalue weighted by atomic mass is 16.3. The second-order valence-corrected chi connectivity index (χ2v) is 4.08. The van der Waals surface area contributed by atoms with Gasteiger partial charge < -0.3 is 15.3 Å². The lowest BCUT2D eigenvalue weighted by Crippen LogP contribution is -2.30. The lowest BCUT2D eigenvalue weighted by atomic mass is 9.93. The largest absolute Gasteiger partial charge is 0.508 e. The SMILES string of the molecule is CC(O)C(O)C(C)Cc1ccc(O)cc1. The van der Waals surface area contributed by atoms with E-state index in [1.165, 1.54) is 0 Å². The van der Waals surface area contributed by atoms with Gasteiger partial charge in [0.05, 0.1) is 12.2 Å². The highest BCUT2D eigenvalue weighted by molar-refractivity contribution is 5.26. The van der Waals surface area contributed by atoms with Crippen molar-refractivity contribution in [2.75, 3.05) is 0 Å². The minimum absolute atomic E-state index is 0.00505. The van der Waals surface area contributed by atoms with Gasteiger partial charge in [-0.25, -0.2) is 0 Å². The van der Waals surface area contributed by atoms with Crippen LogP contribution < -0.4 is 0 Å². The molecule has 0 bridgehead atoms. The first kappa shape index (κ1) is 12.0. The molecule has 0 radical (unpaired) electrons. The Kier molecular flexibility index (Phi) is 4.12. The van der Waals surface area contributed by atoms with Gasteiger partial charge in [-0.05, 0) is 37.0 Å². The molecule has 0 amide bonds. The lowest BCUT2D eigenvalue weighted by molar-refractivity contribution is -0.00203. The molecule has 0 aromatic heterocycles. The maximum Gasteiger partial charge on any atom is 0.115 e. The van der Waals surface area contributed by atoms with Crippen LogP contribution in [0.1, 0.15) is 19.4 Å². The summed E-state index contributed by atoms with van der Waals surface area (Å²) in [4.78, 5) is 0. The maximum absolute atomic E-state index is 9.61. The maximum atomic E-state index is 9.61. The number of hydrogen-bond acceptors (Lipinski definition) is 3. The Morgan fingerprint density at radius 1 is 1.07 bits per heavy atom. The van der Waals surface area contributed by atoms with E-state index < -0.39 is 12.2 Å². The van der Waals surface area contributed by atoms with Crippen molar-refractivity contribution in [1.82, 2.24) is 0 Å². The predicted molar refractivity (Wildman–Crippen MR) is 58.7 cm³/mol. The van der Waals surface area contributed by atoms with Crippen molar-refractivity contribution in [1.29, 1.82) is 0 Å². The molecule has 0 fully saturated rings. The Labute approximate surface area is 90.0 Å². The summed E-state index contributed by atoms with van der Waals surface area (Å²) in [5, 5.41) is 27.9. The van der Waals surface area contributed by atoms with Gasteiger partial charge in [0.25, 0.3) is 0 Å². The normalized spacial score (nSPS) is 17.1. The van der Waals surface area contributed by atoms with Gasteiger partial charge in [-0.15, -0.1) is 0 Å². The zero-order valence-corrected chi connectivity index (χ0v) is 9.09. The van der Waals surface area contributed by atoms with Crippen LogP contribution in [0, 0.1) is 5.92 Å². The molecule has 0 saturated heterocycles. The van der Waals surface area contributed by atoms with Crippen molar-refractivity contribution >= 4 is 0 Å². The van der Waals surface area contributed by atoms with Crippen molar-refractivity contribution in [3.63, 3.8) is 0 Å². The fourth-order valence-corrected chi connectivity index (χ4v) is 1.60. The summed E-state index contributed by atoms with van der Waals surface area (Å²) in [5.74, 6) is 0.233. The molecule has 15 heavy (non-hydrogen) atoms. The van der Waals surface area contributed by atoms with E-state index in [1.807, 2.05) is 19.1 Å². The fourth-order valence-electron chi connectivity index (χ4n) is 1.60. The minimum Gasteiger partial charge on any atom is -0.508 e. The van der Waals surface area contributed by atoms with Crippen LogP contribution in [0.3, 0.4) is 0 Å². The third kappa shape index (κ3) is 3.53. The van der Waals surface area contributed by atoms with E-state index in [0.717, 1.165) is 5.56 Å². The van der Waals surface area contributed by atoms with Gasteiger partial charge in [0.15, 0.2) is 0 Å². The first-order chi connectivity index (χ1) is 7.00. The number of phenolic OH excluding ortho intramolecular Hbond substituents is 1. The van der Waals surface area contributed by atoms with Crippen molar-refractivity contribution < 1.29 is 15.3 Å². The second kappa shape index (κ2) is 5.14. The van der Waals surface area contributed by atoms with Gasteiger partial charge in [-0.1, -0.05) is 19.1 Å². The van der Waals surface area contributed by atoms with Crippen LogP contribution in [0.4, 0.5) is 0 Å². The predicted octanol–water partition coefficient (Wildman–Crippen LogP) is 1.31. The summed E-state index contributed by atoms with van der Waals surface area (Å²) < 4.78 is 0. The van der Waals surface area contributed by atoms with Crippen LogP contribution in [-0.2, 0) is 6.42 Å². The Balaban J connectivity index is 2.58. The van der Waals surface area contributed by atoms with E-state index in [2.05, 4.69) is 0 Å². The Bertz CT molecular complexity index is 292. The van der Waals surface area contributed by atoms with Crippen molar-refractivity contribution in [3.05, 3.63) is 29.8 Å². The summed E-state index contributed by atoms with van der Waals surface area (Å²) in [7, 11) is 0. The zero-order chi connectivity index (χ0) is 11.4. The molecule has 0 aliphatic rings. The number of phenols is 1. The topological polar surface area (TPSA) is 60.7 Å². The number of aliphatic hydroxyl groups is 2. The number of aliphatic hydroxyl groups excluding tert-OH is 2. The minimum atomic E-state index is -0.711. The van der Waals surface area contributed by atoms with E-state index in [4.69, 9.17) is 5.11 Å². The smallest absolute Gasteiger partial charge is 0.115 e. The van der Waals surface area contributed by atoms with Gasteiger partial charge in [0.2, 0.25) is 0 Å². The van der Waals surface area contributed by atoms with Crippen molar-refractivity contribution in [2.45, 2.75) is 32.5 Å². The molecule has 3 heteroatoms. The van der Waals surface area contributed by atoms with Gasteiger partial charge >= 0.3 is 0 Å². The molecular formula is C12H18O3. The molecule has 3 nitrogen and oxygen atoms in total. The van der Waals surface area contributed by atoms with Crippen LogP contribution in [-0.4, -0.2) is 27.5 Å². The molecule has 1 aromatic carbocycles. The van der Waals surface area contributed by atoms with Crippen LogP contribution in [0.5, 0.6) is 5.75 Å². The van der Waals surface area contributed by atoms with Crippen molar-refractivity contribution in [3.8, 4) is 5.75 Å². The molecule has 1 aromatic rings. The highest BCUT2D eigenvalue weighted by Crippen LogP contribution is 2.16. The average Bonchev–Trinajstić information content (AvgIpc) is 2.20. The summed E-state index contributed by atoms with van der Waals surface area (Å²) in [5.41, 5.74) is 1.04. The molecule has 0 heterocycles. The van der Waals surface area contributed by atoms with Crippen LogP contribution in [0.25, 0.3) is 0 Å². The van der Waals surface area contributed by atoms with E-state index in [9.17, 15) is 10.2 Å².